The van der Waals surface area contributed by atoms with Crippen molar-refractivity contribution in [2.45, 2.75) is 6.54 Å². The first-order chi connectivity index (χ1) is 10.6. The summed E-state index contributed by atoms with van der Waals surface area (Å²) in [6.07, 6.45) is 0. The molecule has 0 radical (unpaired) electrons. The lowest BCUT2D eigenvalue weighted by atomic mass is 10.2. The standard InChI is InChI=1S/C16H16Cl2N2O2/c1-22-14-8-3-2-5-11(14)9-19-15(21)10-20-16-12(17)6-4-7-13(16)18/h2-8,20H,9-10H2,1H3,(H,19,21). The molecule has 0 bridgehead atoms. The molecule has 0 aliphatic heterocycles. The minimum absolute atomic E-state index is 0.0819. The molecule has 0 unspecified atom stereocenters. The van der Waals surface area contributed by atoms with Crippen LogP contribution in [-0.2, 0) is 11.3 Å². The largest absolute Gasteiger partial charge is 0.496 e. The normalized spacial score (nSPS) is 10.1. The van der Waals surface area contributed by atoms with Crippen LogP contribution in [0.4, 0.5) is 5.69 Å². The maximum atomic E-state index is 11.9. The first-order valence-corrected chi connectivity index (χ1v) is 7.44. The van der Waals surface area contributed by atoms with Gasteiger partial charge >= 0.3 is 0 Å². The maximum Gasteiger partial charge on any atom is 0.239 e. The number of benzene rings is 2. The van der Waals surface area contributed by atoms with Crippen molar-refractivity contribution < 1.29 is 9.53 Å². The summed E-state index contributed by atoms with van der Waals surface area (Å²) in [5.41, 5.74) is 1.47. The molecule has 2 aromatic rings. The summed E-state index contributed by atoms with van der Waals surface area (Å²) in [6, 6.07) is 12.7. The highest BCUT2D eigenvalue weighted by molar-refractivity contribution is 6.39. The predicted molar refractivity (Wildman–Crippen MR) is 89.8 cm³/mol. The van der Waals surface area contributed by atoms with E-state index in [1.54, 1.807) is 25.3 Å². The van der Waals surface area contributed by atoms with Gasteiger partial charge in [0.25, 0.3) is 0 Å². The Kier molecular flexibility index (Phi) is 5.92. The lowest BCUT2D eigenvalue weighted by molar-refractivity contribution is -0.119. The molecule has 0 saturated heterocycles. The molecule has 22 heavy (non-hydrogen) atoms. The molecule has 0 saturated carbocycles. The Hall–Kier alpha value is -1.91. The van der Waals surface area contributed by atoms with Crippen molar-refractivity contribution in [3.63, 3.8) is 0 Å². The summed E-state index contributed by atoms with van der Waals surface area (Å²) in [5, 5.41) is 6.71. The van der Waals surface area contributed by atoms with Gasteiger partial charge in [0.1, 0.15) is 5.75 Å². The van der Waals surface area contributed by atoms with Crippen LogP contribution in [0, 0.1) is 0 Å². The van der Waals surface area contributed by atoms with Gasteiger partial charge in [-0.2, -0.15) is 0 Å². The van der Waals surface area contributed by atoms with E-state index >= 15 is 0 Å². The number of hydrogen-bond donors (Lipinski definition) is 2. The van der Waals surface area contributed by atoms with Crippen LogP contribution in [0.1, 0.15) is 5.56 Å². The quantitative estimate of drug-likeness (QED) is 0.843. The van der Waals surface area contributed by atoms with Gasteiger partial charge in [0.15, 0.2) is 0 Å². The van der Waals surface area contributed by atoms with E-state index in [2.05, 4.69) is 10.6 Å². The zero-order valence-corrected chi connectivity index (χ0v) is 13.5. The molecule has 6 heteroatoms. The van der Waals surface area contributed by atoms with Gasteiger partial charge in [-0.05, 0) is 18.2 Å². The number of rotatable bonds is 6. The van der Waals surface area contributed by atoms with Crippen LogP contribution in [0.25, 0.3) is 0 Å². The number of hydrogen-bond acceptors (Lipinski definition) is 3. The Balaban J connectivity index is 1.88. The van der Waals surface area contributed by atoms with Crippen molar-refractivity contribution in [3.8, 4) is 5.75 Å². The Morgan fingerprint density at radius 3 is 2.45 bits per heavy atom. The topological polar surface area (TPSA) is 50.4 Å². The van der Waals surface area contributed by atoms with Crippen molar-refractivity contribution in [3.05, 3.63) is 58.1 Å². The molecule has 2 rings (SSSR count). The van der Waals surface area contributed by atoms with Crippen molar-refractivity contribution in [1.29, 1.82) is 0 Å². The summed E-state index contributed by atoms with van der Waals surface area (Å²) in [7, 11) is 1.60. The Morgan fingerprint density at radius 1 is 1.09 bits per heavy atom. The van der Waals surface area contributed by atoms with Gasteiger partial charge in [-0.3, -0.25) is 4.79 Å². The SMILES string of the molecule is COc1ccccc1CNC(=O)CNc1c(Cl)cccc1Cl. The van der Waals surface area contributed by atoms with Crippen molar-refractivity contribution in [1.82, 2.24) is 5.32 Å². The van der Waals surface area contributed by atoms with E-state index in [-0.39, 0.29) is 12.5 Å². The number of amides is 1. The van der Waals surface area contributed by atoms with Gasteiger partial charge in [-0.15, -0.1) is 0 Å². The van der Waals surface area contributed by atoms with Crippen molar-refractivity contribution in [2.24, 2.45) is 0 Å². The third kappa shape index (κ3) is 4.29. The van der Waals surface area contributed by atoms with Crippen LogP contribution < -0.4 is 15.4 Å². The van der Waals surface area contributed by atoms with E-state index in [9.17, 15) is 4.79 Å². The maximum absolute atomic E-state index is 11.9. The average molecular weight is 339 g/mol. The highest BCUT2D eigenvalue weighted by atomic mass is 35.5. The Bertz CT molecular complexity index is 642. The number of para-hydroxylation sites is 2. The minimum Gasteiger partial charge on any atom is -0.496 e. The van der Waals surface area contributed by atoms with Gasteiger partial charge in [0.2, 0.25) is 5.91 Å². The number of carbonyl (C=O) groups excluding carboxylic acids is 1. The number of nitrogens with one attached hydrogen (secondary N) is 2. The number of carbonyl (C=O) groups is 1. The highest BCUT2D eigenvalue weighted by Gasteiger charge is 2.08. The molecular weight excluding hydrogens is 323 g/mol. The van der Waals surface area contributed by atoms with E-state index in [0.717, 1.165) is 11.3 Å². The highest BCUT2D eigenvalue weighted by Crippen LogP contribution is 2.29. The zero-order valence-electron chi connectivity index (χ0n) is 12.0. The third-order valence-electron chi connectivity index (χ3n) is 3.06. The van der Waals surface area contributed by atoms with E-state index in [1.807, 2.05) is 24.3 Å². The average Bonchev–Trinajstić information content (AvgIpc) is 2.52. The van der Waals surface area contributed by atoms with Crippen molar-refractivity contribution >= 4 is 34.8 Å². The van der Waals surface area contributed by atoms with Crippen molar-refractivity contribution in [2.75, 3.05) is 19.0 Å². The van der Waals surface area contributed by atoms with Crippen LogP contribution in [0.5, 0.6) is 5.75 Å². The molecule has 0 aliphatic rings. The van der Waals surface area contributed by atoms with Gasteiger partial charge in [0.05, 0.1) is 29.4 Å². The number of ether oxygens (including phenoxy) is 1. The number of methoxy groups -OCH3 is 1. The molecule has 4 nitrogen and oxygen atoms in total. The fourth-order valence-electron chi connectivity index (χ4n) is 1.94. The predicted octanol–water partition coefficient (Wildman–Crippen LogP) is 3.73. The van der Waals surface area contributed by atoms with Crippen LogP contribution in [0.15, 0.2) is 42.5 Å². The van der Waals surface area contributed by atoms with Gasteiger partial charge in [0, 0.05) is 12.1 Å². The van der Waals surface area contributed by atoms with Gasteiger partial charge < -0.3 is 15.4 Å². The number of halogens is 2. The lowest BCUT2D eigenvalue weighted by Crippen LogP contribution is -2.29. The van der Waals surface area contributed by atoms with Crippen LogP contribution >= 0.6 is 23.2 Å². The van der Waals surface area contributed by atoms with Crippen LogP contribution in [0.3, 0.4) is 0 Å². The fraction of sp³-hybridized carbons (Fsp3) is 0.188. The molecule has 2 N–H and O–H groups in total. The first kappa shape index (κ1) is 16.5. The summed E-state index contributed by atoms with van der Waals surface area (Å²) in [6.45, 7) is 0.472. The Morgan fingerprint density at radius 2 is 1.77 bits per heavy atom. The van der Waals surface area contributed by atoms with E-state index in [4.69, 9.17) is 27.9 Å². The second-order valence-corrected chi connectivity index (χ2v) is 5.35. The first-order valence-electron chi connectivity index (χ1n) is 6.68. The minimum atomic E-state index is -0.165. The van der Waals surface area contributed by atoms with Crippen LogP contribution in [0.2, 0.25) is 10.0 Å². The second-order valence-electron chi connectivity index (χ2n) is 4.54. The van der Waals surface area contributed by atoms with Gasteiger partial charge in [-0.1, -0.05) is 47.5 Å². The molecule has 0 aromatic heterocycles. The monoisotopic (exact) mass is 338 g/mol. The van der Waals surface area contributed by atoms with E-state index < -0.39 is 0 Å². The molecule has 116 valence electrons. The molecule has 0 atom stereocenters. The van der Waals surface area contributed by atoms with Crippen LogP contribution in [-0.4, -0.2) is 19.6 Å². The molecular formula is C16H16Cl2N2O2. The Labute approximate surface area is 139 Å². The summed E-state index contributed by atoms with van der Waals surface area (Å²) in [4.78, 5) is 11.9. The van der Waals surface area contributed by atoms with E-state index in [1.165, 1.54) is 0 Å². The second kappa shape index (κ2) is 7.92. The molecule has 0 aliphatic carbocycles. The fourth-order valence-corrected chi connectivity index (χ4v) is 2.47. The zero-order chi connectivity index (χ0) is 15.9. The molecule has 2 aromatic carbocycles. The third-order valence-corrected chi connectivity index (χ3v) is 3.69. The number of anilines is 1. The smallest absolute Gasteiger partial charge is 0.239 e. The lowest BCUT2D eigenvalue weighted by Gasteiger charge is -2.12. The van der Waals surface area contributed by atoms with E-state index in [0.29, 0.717) is 22.3 Å². The summed E-state index contributed by atoms with van der Waals surface area (Å²) >= 11 is 12.1. The molecule has 1 amide bonds. The molecule has 0 spiro atoms. The summed E-state index contributed by atoms with van der Waals surface area (Å²) in [5.74, 6) is 0.576. The molecule has 0 fully saturated rings. The molecule has 0 heterocycles. The summed E-state index contributed by atoms with van der Waals surface area (Å²) < 4.78 is 5.24. The van der Waals surface area contributed by atoms with Gasteiger partial charge in [-0.25, -0.2) is 0 Å².